The van der Waals surface area contributed by atoms with Gasteiger partial charge in [-0.05, 0) is 25.0 Å². The van der Waals surface area contributed by atoms with Gasteiger partial charge in [0.25, 0.3) is 0 Å². The van der Waals surface area contributed by atoms with Crippen LogP contribution in [0.15, 0.2) is 48.0 Å². The molecule has 2 aliphatic heterocycles. The second-order valence-corrected chi connectivity index (χ2v) is 7.84. The number of rotatable bonds is 3. The van der Waals surface area contributed by atoms with Gasteiger partial charge >= 0.3 is 0 Å². The second-order valence-electron chi connectivity index (χ2n) is 7.84. The third-order valence-corrected chi connectivity index (χ3v) is 6.37. The van der Waals surface area contributed by atoms with Gasteiger partial charge in [-0.2, -0.15) is 5.10 Å². The van der Waals surface area contributed by atoms with Crippen molar-refractivity contribution in [3.05, 3.63) is 54.2 Å². The zero-order chi connectivity index (χ0) is 19.4. The molecule has 4 heterocycles. The van der Waals surface area contributed by atoms with Gasteiger partial charge in [-0.1, -0.05) is 36.3 Å². The minimum Gasteiger partial charge on any atom is -0.390 e. The highest BCUT2D eigenvalue weighted by atomic mass is 16.3. The summed E-state index contributed by atoms with van der Waals surface area (Å²) in [6.07, 6.45) is 8.70. The van der Waals surface area contributed by atoms with Gasteiger partial charge < -0.3 is 9.67 Å². The largest absolute Gasteiger partial charge is 0.390 e. The van der Waals surface area contributed by atoms with Crippen LogP contribution in [-0.4, -0.2) is 41.7 Å². The molecule has 148 valence electrons. The van der Waals surface area contributed by atoms with Crippen molar-refractivity contribution in [2.75, 3.05) is 4.90 Å². The number of aliphatic hydroxyl groups excluding tert-OH is 1. The molecule has 1 fully saturated rings. The Morgan fingerprint density at radius 1 is 1.14 bits per heavy atom. The molecule has 0 radical (unpaired) electrons. The van der Waals surface area contributed by atoms with Crippen LogP contribution in [0.25, 0.3) is 5.69 Å². The fourth-order valence-corrected chi connectivity index (χ4v) is 5.06. The number of imidazole rings is 1. The van der Waals surface area contributed by atoms with Crippen LogP contribution in [0.5, 0.6) is 0 Å². The van der Waals surface area contributed by atoms with Crippen molar-refractivity contribution in [3.63, 3.8) is 0 Å². The molecule has 1 aromatic carbocycles. The van der Waals surface area contributed by atoms with Gasteiger partial charge in [-0.15, -0.1) is 5.10 Å². The highest BCUT2D eigenvalue weighted by Crippen LogP contribution is 2.45. The number of para-hydroxylation sites is 1. The van der Waals surface area contributed by atoms with E-state index in [1.165, 1.54) is 19.3 Å². The summed E-state index contributed by atoms with van der Waals surface area (Å²) in [7, 11) is 0. The molecule has 0 amide bonds. The number of hydrazone groups is 1. The number of hydrogen-bond donors (Lipinski definition) is 2. The molecular formula is C20H22N8O. The minimum absolute atomic E-state index is 0.0768. The SMILES string of the molecule is OCc1c(C2=NNC3C4CCCCC4n4cncc4N23)nnn1-c1ccccc1. The first-order valence-corrected chi connectivity index (χ1v) is 10.1. The number of hydrogen-bond acceptors (Lipinski definition) is 7. The normalized spacial score (nSPS) is 25.1. The number of benzene rings is 1. The van der Waals surface area contributed by atoms with Crippen molar-refractivity contribution < 1.29 is 5.11 Å². The maximum Gasteiger partial charge on any atom is 0.185 e. The van der Waals surface area contributed by atoms with Crippen LogP contribution in [0.3, 0.4) is 0 Å². The van der Waals surface area contributed by atoms with Crippen LogP contribution >= 0.6 is 0 Å². The molecule has 1 saturated carbocycles. The molecular weight excluding hydrogens is 368 g/mol. The first kappa shape index (κ1) is 16.7. The number of fused-ring (bicyclic) bond motifs is 6. The van der Waals surface area contributed by atoms with Crippen LogP contribution in [0.2, 0.25) is 0 Å². The summed E-state index contributed by atoms with van der Waals surface area (Å²) >= 11 is 0. The van der Waals surface area contributed by atoms with Crippen molar-refractivity contribution in [2.45, 2.75) is 44.5 Å². The number of amidine groups is 1. The molecule has 0 spiro atoms. The summed E-state index contributed by atoms with van der Waals surface area (Å²) < 4.78 is 3.96. The van der Waals surface area contributed by atoms with E-state index in [1.807, 2.05) is 42.9 Å². The lowest BCUT2D eigenvalue weighted by Crippen LogP contribution is -2.53. The molecule has 2 N–H and O–H groups in total. The molecule has 3 aromatic rings. The second kappa shape index (κ2) is 6.41. The monoisotopic (exact) mass is 390 g/mol. The number of aliphatic hydroxyl groups is 1. The summed E-state index contributed by atoms with van der Waals surface area (Å²) in [5.74, 6) is 2.15. The predicted molar refractivity (Wildman–Crippen MR) is 106 cm³/mol. The lowest BCUT2D eigenvalue weighted by molar-refractivity contribution is 0.176. The molecule has 3 unspecified atom stereocenters. The number of anilines is 1. The van der Waals surface area contributed by atoms with E-state index in [0.29, 0.717) is 29.2 Å². The molecule has 0 bridgehead atoms. The van der Waals surface area contributed by atoms with E-state index >= 15 is 0 Å². The van der Waals surface area contributed by atoms with Gasteiger partial charge in [0.15, 0.2) is 11.5 Å². The number of nitrogens with zero attached hydrogens (tertiary/aromatic N) is 7. The molecule has 3 aliphatic rings. The van der Waals surface area contributed by atoms with Gasteiger partial charge in [0.05, 0.1) is 24.8 Å². The highest BCUT2D eigenvalue weighted by molar-refractivity contribution is 6.10. The lowest BCUT2D eigenvalue weighted by Gasteiger charge is -2.45. The quantitative estimate of drug-likeness (QED) is 0.708. The van der Waals surface area contributed by atoms with E-state index in [4.69, 9.17) is 0 Å². The van der Waals surface area contributed by atoms with E-state index in [2.05, 4.69) is 35.3 Å². The highest BCUT2D eigenvalue weighted by Gasteiger charge is 2.47. The van der Waals surface area contributed by atoms with Crippen LogP contribution < -0.4 is 10.3 Å². The summed E-state index contributed by atoms with van der Waals surface area (Å²) in [5, 5.41) is 23.5. The Hall–Kier alpha value is -3.20. The standard InChI is InChI=1S/C20H22N8O/c29-11-16-18(22-25-28(16)13-6-2-1-3-7-13)20-24-23-19-14-8-4-5-9-15(14)26-12-21-10-17(26)27(19)20/h1-3,6-7,10,12,14-15,19,23,29H,4-5,8-9,11H2. The van der Waals surface area contributed by atoms with Crippen LogP contribution in [0.1, 0.15) is 43.1 Å². The van der Waals surface area contributed by atoms with E-state index in [1.54, 1.807) is 4.68 Å². The first-order chi connectivity index (χ1) is 14.4. The molecule has 9 nitrogen and oxygen atoms in total. The molecule has 1 aliphatic carbocycles. The topological polar surface area (TPSA) is 96.4 Å². The average Bonchev–Trinajstić information content (AvgIpc) is 3.51. The molecule has 6 rings (SSSR count). The van der Waals surface area contributed by atoms with E-state index in [0.717, 1.165) is 17.9 Å². The zero-order valence-electron chi connectivity index (χ0n) is 15.9. The van der Waals surface area contributed by atoms with E-state index < -0.39 is 0 Å². The first-order valence-electron chi connectivity index (χ1n) is 10.1. The van der Waals surface area contributed by atoms with Crippen molar-refractivity contribution >= 4 is 11.7 Å². The Morgan fingerprint density at radius 3 is 2.86 bits per heavy atom. The van der Waals surface area contributed by atoms with Gasteiger partial charge in [0.2, 0.25) is 0 Å². The van der Waals surface area contributed by atoms with Gasteiger partial charge in [-0.25, -0.2) is 9.67 Å². The third kappa shape index (κ3) is 2.37. The van der Waals surface area contributed by atoms with Crippen LogP contribution in [-0.2, 0) is 6.61 Å². The maximum atomic E-state index is 10.1. The van der Waals surface area contributed by atoms with Crippen LogP contribution in [0, 0.1) is 5.92 Å². The minimum atomic E-state index is -0.180. The lowest BCUT2D eigenvalue weighted by atomic mass is 9.80. The fourth-order valence-electron chi connectivity index (χ4n) is 5.06. The smallest absolute Gasteiger partial charge is 0.185 e. The molecule has 9 heteroatoms. The Morgan fingerprint density at radius 2 is 2.00 bits per heavy atom. The van der Waals surface area contributed by atoms with Gasteiger partial charge in [0.1, 0.15) is 17.7 Å². The summed E-state index contributed by atoms with van der Waals surface area (Å²) in [4.78, 5) is 6.61. The summed E-state index contributed by atoms with van der Waals surface area (Å²) in [5.41, 5.74) is 5.42. The van der Waals surface area contributed by atoms with Crippen molar-refractivity contribution in [1.82, 2.24) is 30.0 Å². The maximum absolute atomic E-state index is 10.1. The summed E-state index contributed by atoms with van der Waals surface area (Å²) in [6.45, 7) is -0.180. The van der Waals surface area contributed by atoms with E-state index in [9.17, 15) is 5.11 Å². The Kier molecular flexibility index (Phi) is 3.70. The molecule has 2 aromatic heterocycles. The number of nitrogens with one attached hydrogen (secondary N) is 1. The average molecular weight is 390 g/mol. The van der Waals surface area contributed by atoms with Gasteiger partial charge in [-0.3, -0.25) is 10.3 Å². The number of aromatic nitrogens is 5. The summed E-state index contributed by atoms with van der Waals surface area (Å²) in [6, 6.07) is 10.2. The Balaban J connectivity index is 1.45. The Bertz CT molecular complexity index is 1070. The van der Waals surface area contributed by atoms with Crippen molar-refractivity contribution in [1.29, 1.82) is 0 Å². The fraction of sp³-hybridized carbons (Fsp3) is 0.400. The Labute approximate surface area is 167 Å². The van der Waals surface area contributed by atoms with Crippen LogP contribution in [0.4, 0.5) is 5.82 Å². The molecule has 0 saturated heterocycles. The molecule has 3 atom stereocenters. The third-order valence-electron chi connectivity index (χ3n) is 6.37. The van der Waals surface area contributed by atoms with Crippen molar-refractivity contribution in [3.8, 4) is 5.69 Å². The van der Waals surface area contributed by atoms with Crippen molar-refractivity contribution in [2.24, 2.45) is 11.0 Å². The van der Waals surface area contributed by atoms with E-state index in [-0.39, 0.29) is 12.8 Å². The molecule has 29 heavy (non-hydrogen) atoms. The van der Waals surface area contributed by atoms with Gasteiger partial charge in [0, 0.05) is 12.0 Å². The predicted octanol–water partition coefficient (Wildman–Crippen LogP) is 1.80. The zero-order valence-corrected chi connectivity index (χ0v) is 15.9.